The normalized spacial score (nSPS) is 11.4. The smallest absolute Gasteiger partial charge is 0.191 e. The molecular formula is C18H26N4OS2. The Morgan fingerprint density at radius 3 is 2.96 bits per heavy atom. The number of guanidine groups is 1. The molecule has 0 aliphatic rings. The Morgan fingerprint density at radius 2 is 2.20 bits per heavy atom. The van der Waals surface area contributed by atoms with E-state index in [2.05, 4.69) is 33.6 Å². The van der Waals surface area contributed by atoms with Crippen molar-refractivity contribution in [1.82, 2.24) is 15.6 Å². The first-order chi connectivity index (χ1) is 12.3. The van der Waals surface area contributed by atoms with Crippen LogP contribution in [0.5, 0.6) is 5.75 Å². The summed E-state index contributed by atoms with van der Waals surface area (Å²) in [7, 11) is 1.71. The maximum atomic E-state index is 5.39. The second-order valence-corrected chi connectivity index (χ2v) is 7.49. The van der Waals surface area contributed by atoms with Crippen LogP contribution in [0.4, 0.5) is 0 Å². The van der Waals surface area contributed by atoms with Crippen molar-refractivity contribution in [2.24, 2.45) is 4.99 Å². The summed E-state index contributed by atoms with van der Waals surface area (Å²) in [5.74, 6) is 2.85. The lowest BCUT2D eigenvalue weighted by atomic mass is 10.1. The molecule has 1 heterocycles. The lowest BCUT2D eigenvalue weighted by molar-refractivity contribution is 0.409. The molecule has 0 unspecified atom stereocenters. The third-order valence-corrected chi connectivity index (χ3v) is 5.48. The van der Waals surface area contributed by atoms with E-state index in [-0.39, 0.29) is 0 Å². The van der Waals surface area contributed by atoms with E-state index in [1.807, 2.05) is 29.8 Å². The summed E-state index contributed by atoms with van der Waals surface area (Å²) in [5.41, 5.74) is 1.20. The maximum Gasteiger partial charge on any atom is 0.191 e. The highest BCUT2D eigenvalue weighted by Crippen LogP contribution is 2.20. The number of nitrogens with one attached hydrogen (secondary N) is 2. The van der Waals surface area contributed by atoms with Gasteiger partial charge in [0.2, 0.25) is 0 Å². The average molecular weight is 379 g/mol. The van der Waals surface area contributed by atoms with Gasteiger partial charge in [-0.25, -0.2) is 4.98 Å². The molecule has 0 bridgehead atoms. The summed E-state index contributed by atoms with van der Waals surface area (Å²) >= 11 is 3.48. The molecule has 0 spiro atoms. The number of ether oxygens (including phenoxy) is 1. The van der Waals surface area contributed by atoms with Gasteiger partial charge in [-0.3, -0.25) is 4.99 Å². The van der Waals surface area contributed by atoms with Gasteiger partial charge in [0, 0.05) is 37.0 Å². The van der Waals surface area contributed by atoms with E-state index in [0.29, 0.717) is 0 Å². The Hall–Kier alpha value is -1.73. The first kappa shape index (κ1) is 19.6. The van der Waals surface area contributed by atoms with Crippen LogP contribution < -0.4 is 15.4 Å². The number of thioether (sulfide) groups is 1. The molecule has 136 valence electrons. The summed E-state index contributed by atoms with van der Waals surface area (Å²) in [4.78, 5) is 8.91. The first-order valence-electron chi connectivity index (χ1n) is 8.50. The molecule has 0 aliphatic heterocycles. The maximum absolute atomic E-state index is 5.39. The molecule has 0 aliphatic carbocycles. The predicted octanol–water partition coefficient (Wildman–Crippen LogP) is 3.43. The van der Waals surface area contributed by atoms with Gasteiger partial charge in [0.25, 0.3) is 0 Å². The fraction of sp³-hybridized carbons (Fsp3) is 0.444. The van der Waals surface area contributed by atoms with Gasteiger partial charge in [-0.2, -0.15) is 0 Å². The number of aromatic nitrogens is 1. The van der Waals surface area contributed by atoms with Crippen molar-refractivity contribution in [2.75, 3.05) is 32.5 Å². The minimum Gasteiger partial charge on any atom is -0.496 e. The molecule has 2 rings (SSSR count). The van der Waals surface area contributed by atoms with Gasteiger partial charge < -0.3 is 15.4 Å². The molecule has 2 aromatic rings. The van der Waals surface area contributed by atoms with Crippen LogP contribution in [0.25, 0.3) is 0 Å². The molecule has 0 saturated heterocycles. The van der Waals surface area contributed by atoms with E-state index in [1.54, 1.807) is 30.2 Å². The van der Waals surface area contributed by atoms with Crippen LogP contribution >= 0.6 is 23.1 Å². The fourth-order valence-corrected chi connectivity index (χ4v) is 3.90. The molecule has 5 nitrogen and oxygen atoms in total. The number of para-hydroxylation sites is 1. The van der Waals surface area contributed by atoms with Gasteiger partial charge in [-0.05, 0) is 31.4 Å². The van der Waals surface area contributed by atoms with Gasteiger partial charge in [0.1, 0.15) is 10.1 Å². The Balaban J connectivity index is 1.71. The number of nitrogens with zero attached hydrogens (tertiary/aromatic N) is 2. The van der Waals surface area contributed by atoms with Gasteiger partial charge >= 0.3 is 0 Å². The average Bonchev–Trinajstić information content (AvgIpc) is 3.15. The van der Waals surface area contributed by atoms with Gasteiger partial charge in [-0.15, -0.1) is 11.3 Å². The number of methoxy groups -OCH3 is 1. The number of benzene rings is 1. The van der Waals surface area contributed by atoms with E-state index in [1.165, 1.54) is 5.56 Å². The summed E-state index contributed by atoms with van der Waals surface area (Å²) in [6, 6.07) is 8.12. The molecular weight excluding hydrogens is 352 g/mol. The summed E-state index contributed by atoms with van der Waals surface area (Å²) in [5, 5.41) is 8.69. The van der Waals surface area contributed by atoms with Crippen LogP contribution in [0.1, 0.15) is 18.9 Å². The highest BCUT2D eigenvalue weighted by Gasteiger charge is 2.02. The zero-order valence-electron chi connectivity index (χ0n) is 14.8. The topological polar surface area (TPSA) is 58.5 Å². The van der Waals surface area contributed by atoms with E-state index in [0.717, 1.165) is 54.3 Å². The van der Waals surface area contributed by atoms with Crippen molar-refractivity contribution in [1.29, 1.82) is 0 Å². The fourth-order valence-electron chi connectivity index (χ4n) is 2.26. The second kappa shape index (κ2) is 11.8. The number of thiazole rings is 1. The van der Waals surface area contributed by atoms with Crippen molar-refractivity contribution in [3.8, 4) is 5.75 Å². The molecule has 2 N–H and O–H groups in total. The largest absolute Gasteiger partial charge is 0.496 e. The first-order valence-corrected chi connectivity index (χ1v) is 10.4. The minimum absolute atomic E-state index is 0.808. The Morgan fingerprint density at radius 1 is 1.32 bits per heavy atom. The molecule has 0 saturated carbocycles. The molecule has 1 aromatic heterocycles. The van der Waals surface area contributed by atoms with Gasteiger partial charge in [0.15, 0.2) is 5.96 Å². The Bertz CT molecular complexity index is 632. The van der Waals surface area contributed by atoms with E-state index in [9.17, 15) is 0 Å². The highest BCUT2D eigenvalue weighted by molar-refractivity contribution is 8.00. The highest BCUT2D eigenvalue weighted by atomic mass is 32.2. The third kappa shape index (κ3) is 7.36. The second-order valence-electron chi connectivity index (χ2n) is 5.25. The molecule has 0 atom stereocenters. The number of rotatable bonds is 10. The monoisotopic (exact) mass is 378 g/mol. The lowest BCUT2D eigenvalue weighted by Crippen LogP contribution is -2.38. The standard InChI is InChI=1S/C18H26N4OS2/c1-3-19-17(20-10-6-13-24-18-22-12-14-25-18)21-11-9-15-7-4-5-8-16(15)23-2/h4-5,7-8,12,14H,3,6,9-11,13H2,1-2H3,(H2,19,20,21). The number of hydrogen-bond acceptors (Lipinski definition) is 5. The van der Waals surface area contributed by atoms with E-state index >= 15 is 0 Å². The molecule has 0 amide bonds. The van der Waals surface area contributed by atoms with Crippen LogP contribution in [0.2, 0.25) is 0 Å². The number of hydrogen-bond donors (Lipinski definition) is 2. The van der Waals surface area contributed by atoms with Crippen LogP contribution in [0, 0.1) is 0 Å². The zero-order chi connectivity index (χ0) is 17.7. The van der Waals surface area contributed by atoms with E-state index < -0.39 is 0 Å². The third-order valence-electron chi connectivity index (χ3n) is 3.43. The molecule has 7 heteroatoms. The molecule has 1 aromatic carbocycles. The van der Waals surface area contributed by atoms with Gasteiger partial charge in [-0.1, -0.05) is 30.0 Å². The summed E-state index contributed by atoms with van der Waals surface area (Å²) < 4.78 is 6.52. The molecule has 0 fully saturated rings. The quantitative estimate of drug-likeness (QED) is 0.287. The molecule has 0 radical (unpaired) electrons. The van der Waals surface area contributed by atoms with E-state index in [4.69, 9.17) is 4.74 Å². The summed E-state index contributed by atoms with van der Waals surface area (Å²) in [6.45, 7) is 4.56. The van der Waals surface area contributed by atoms with Crippen molar-refractivity contribution >= 4 is 29.1 Å². The van der Waals surface area contributed by atoms with Crippen LogP contribution in [0.15, 0.2) is 45.2 Å². The van der Waals surface area contributed by atoms with Crippen molar-refractivity contribution in [3.63, 3.8) is 0 Å². The van der Waals surface area contributed by atoms with Crippen molar-refractivity contribution < 1.29 is 4.74 Å². The lowest BCUT2D eigenvalue weighted by Gasteiger charge is -2.12. The van der Waals surface area contributed by atoms with Crippen LogP contribution in [0.3, 0.4) is 0 Å². The van der Waals surface area contributed by atoms with Gasteiger partial charge in [0.05, 0.1) is 7.11 Å². The van der Waals surface area contributed by atoms with Crippen molar-refractivity contribution in [2.45, 2.75) is 24.1 Å². The van der Waals surface area contributed by atoms with Crippen LogP contribution in [-0.2, 0) is 6.42 Å². The predicted molar refractivity (Wildman–Crippen MR) is 108 cm³/mol. The zero-order valence-corrected chi connectivity index (χ0v) is 16.5. The Kier molecular flexibility index (Phi) is 9.22. The van der Waals surface area contributed by atoms with Crippen molar-refractivity contribution in [3.05, 3.63) is 41.4 Å². The minimum atomic E-state index is 0.808. The van der Waals surface area contributed by atoms with Crippen LogP contribution in [-0.4, -0.2) is 43.4 Å². The number of aliphatic imine (C=N–C) groups is 1. The Labute approximate surface area is 158 Å². The summed E-state index contributed by atoms with van der Waals surface area (Å²) in [6.07, 6.45) is 3.78. The SMILES string of the molecule is CCNC(=NCCCSc1nccs1)NCCc1ccccc1OC. The molecule has 25 heavy (non-hydrogen) atoms.